The summed E-state index contributed by atoms with van der Waals surface area (Å²) in [4.78, 5) is 5.44. The Morgan fingerprint density at radius 1 is 1.00 bits per heavy atom. The van der Waals surface area contributed by atoms with Gasteiger partial charge < -0.3 is 10.2 Å². The third-order valence-corrected chi connectivity index (χ3v) is 6.01. The van der Waals surface area contributed by atoms with E-state index in [9.17, 15) is 0 Å². The molecule has 2 heterocycles. The van der Waals surface area contributed by atoms with E-state index in [2.05, 4.69) is 29.2 Å². The summed E-state index contributed by atoms with van der Waals surface area (Å²) in [5.41, 5.74) is 0. The van der Waals surface area contributed by atoms with Crippen molar-refractivity contribution in [3.8, 4) is 0 Å². The van der Waals surface area contributed by atoms with Crippen LogP contribution < -0.4 is 5.32 Å². The molecule has 2 saturated heterocycles. The Kier molecular flexibility index (Phi) is 4.45. The Hall–Kier alpha value is -0.120. The van der Waals surface area contributed by atoms with Crippen molar-refractivity contribution in [2.24, 2.45) is 5.92 Å². The summed E-state index contributed by atoms with van der Waals surface area (Å²) >= 11 is 0. The number of hydrogen-bond acceptors (Lipinski definition) is 3. The molecule has 0 amide bonds. The molecule has 0 aromatic heterocycles. The van der Waals surface area contributed by atoms with Gasteiger partial charge in [-0.05, 0) is 58.7 Å². The van der Waals surface area contributed by atoms with Gasteiger partial charge in [0.2, 0.25) is 0 Å². The lowest BCUT2D eigenvalue weighted by atomic mass is 9.84. The molecule has 4 unspecified atom stereocenters. The predicted octanol–water partition coefficient (Wildman–Crippen LogP) is 1.93. The molecule has 1 N–H and O–H groups in total. The van der Waals surface area contributed by atoms with Crippen molar-refractivity contribution in [2.45, 2.75) is 63.1 Å². The standard InChI is InChI=1S/C16H31N3/c1-17-16-6-4-3-5-13(16)11-19-10-9-14-7-8-15(12-19)18(14)2/h13-17H,3-12H2,1-2H3. The molecule has 0 spiro atoms. The first kappa shape index (κ1) is 13.8. The van der Waals surface area contributed by atoms with Gasteiger partial charge in [0.1, 0.15) is 0 Å². The lowest BCUT2D eigenvalue weighted by Gasteiger charge is -2.36. The smallest absolute Gasteiger partial charge is 0.0223 e. The Morgan fingerprint density at radius 2 is 1.79 bits per heavy atom. The average molecular weight is 265 g/mol. The quantitative estimate of drug-likeness (QED) is 0.841. The van der Waals surface area contributed by atoms with E-state index >= 15 is 0 Å². The van der Waals surface area contributed by atoms with Gasteiger partial charge in [-0.3, -0.25) is 4.90 Å². The second-order valence-corrected chi connectivity index (χ2v) is 7.04. The average Bonchev–Trinajstić information content (AvgIpc) is 2.68. The summed E-state index contributed by atoms with van der Waals surface area (Å²) in [6.45, 7) is 3.99. The monoisotopic (exact) mass is 265 g/mol. The Morgan fingerprint density at radius 3 is 2.63 bits per heavy atom. The van der Waals surface area contributed by atoms with Gasteiger partial charge in [0, 0.05) is 31.2 Å². The lowest BCUT2D eigenvalue weighted by molar-refractivity contribution is 0.158. The van der Waals surface area contributed by atoms with Crippen molar-refractivity contribution in [3.05, 3.63) is 0 Å². The number of fused-ring (bicyclic) bond motifs is 2. The van der Waals surface area contributed by atoms with E-state index in [4.69, 9.17) is 0 Å². The van der Waals surface area contributed by atoms with Gasteiger partial charge in [0.25, 0.3) is 0 Å². The minimum Gasteiger partial charge on any atom is -0.317 e. The fourth-order valence-electron chi connectivity index (χ4n) is 4.68. The van der Waals surface area contributed by atoms with E-state index in [-0.39, 0.29) is 0 Å². The first-order valence-electron chi connectivity index (χ1n) is 8.39. The molecule has 3 fully saturated rings. The van der Waals surface area contributed by atoms with E-state index < -0.39 is 0 Å². The lowest BCUT2D eigenvalue weighted by Crippen LogP contribution is -2.45. The number of rotatable bonds is 3. The predicted molar refractivity (Wildman–Crippen MR) is 80.4 cm³/mol. The first-order valence-corrected chi connectivity index (χ1v) is 8.39. The topological polar surface area (TPSA) is 18.5 Å². The van der Waals surface area contributed by atoms with Crippen molar-refractivity contribution in [2.75, 3.05) is 33.7 Å². The van der Waals surface area contributed by atoms with Gasteiger partial charge in [-0.1, -0.05) is 12.8 Å². The molecule has 4 atom stereocenters. The molecule has 3 nitrogen and oxygen atoms in total. The molecular weight excluding hydrogens is 234 g/mol. The molecule has 19 heavy (non-hydrogen) atoms. The molecule has 3 heteroatoms. The van der Waals surface area contributed by atoms with Crippen LogP contribution in [-0.4, -0.2) is 61.7 Å². The Bertz CT molecular complexity index is 294. The Labute approximate surface area is 118 Å². The van der Waals surface area contributed by atoms with Gasteiger partial charge in [-0.15, -0.1) is 0 Å². The van der Waals surface area contributed by atoms with Crippen LogP contribution in [0.4, 0.5) is 0 Å². The second kappa shape index (κ2) is 6.11. The van der Waals surface area contributed by atoms with E-state index in [1.807, 2.05) is 0 Å². The van der Waals surface area contributed by atoms with Gasteiger partial charge in [-0.25, -0.2) is 0 Å². The SMILES string of the molecule is CNC1CCCCC1CN1CCC2CCC(C1)N2C. The zero-order valence-electron chi connectivity index (χ0n) is 12.8. The fraction of sp³-hybridized carbons (Fsp3) is 1.00. The highest BCUT2D eigenvalue weighted by atomic mass is 15.3. The van der Waals surface area contributed by atoms with Crippen LogP contribution in [0.2, 0.25) is 0 Å². The van der Waals surface area contributed by atoms with Gasteiger partial charge >= 0.3 is 0 Å². The minimum absolute atomic E-state index is 0.770. The summed E-state index contributed by atoms with van der Waals surface area (Å²) in [7, 11) is 4.50. The molecule has 0 aromatic carbocycles. The summed E-state index contributed by atoms with van der Waals surface area (Å²) in [5, 5.41) is 3.56. The van der Waals surface area contributed by atoms with Crippen LogP contribution >= 0.6 is 0 Å². The molecule has 1 saturated carbocycles. The molecule has 3 rings (SSSR count). The van der Waals surface area contributed by atoms with E-state index in [1.165, 1.54) is 64.6 Å². The maximum Gasteiger partial charge on any atom is 0.0223 e. The zero-order chi connectivity index (χ0) is 13.2. The fourth-order valence-corrected chi connectivity index (χ4v) is 4.68. The van der Waals surface area contributed by atoms with E-state index in [0.29, 0.717) is 0 Å². The number of hydrogen-bond donors (Lipinski definition) is 1. The molecule has 2 bridgehead atoms. The van der Waals surface area contributed by atoms with Crippen LogP contribution in [0, 0.1) is 5.92 Å². The summed E-state index contributed by atoms with van der Waals surface area (Å²) in [6, 6.07) is 2.48. The molecule has 110 valence electrons. The summed E-state index contributed by atoms with van der Waals surface area (Å²) in [5.74, 6) is 0.890. The maximum absolute atomic E-state index is 3.56. The van der Waals surface area contributed by atoms with Crippen LogP contribution in [0.5, 0.6) is 0 Å². The highest BCUT2D eigenvalue weighted by Crippen LogP contribution is 2.30. The summed E-state index contributed by atoms with van der Waals surface area (Å²) < 4.78 is 0. The number of likely N-dealkylation sites (N-methyl/N-ethyl adjacent to an activating group) is 1. The normalized spacial score (nSPS) is 41.4. The van der Waals surface area contributed by atoms with E-state index in [1.54, 1.807) is 0 Å². The van der Waals surface area contributed by atoms with Crippen LogP contribution in [0.1, 0.15) is 44.9 Å². The molecule has 0 aromatic rings. The molecule has 2 aliphatic heterocycles. The number of nitrogens with one attached hydrogen (secondary N) is 1. The second-order valence-electron chi connectivity index (χ2n) is 7.04. The Balaban J connectivity index is 1.57. The van der Waals surface area contributed by atoms with Crippen LogP contribution in [0.3, 0.4) is 0 Å². The van der Waals surface area contributed by atoms with Crippen LogP contribution in [-0.2, 0) is 0 Å². The van der Waals surface area contributed by atoms with Crippen molar-refractivity contribution in [1.29, 1.82) is 0 Å². The van der Waals surface area contributed by atoms with Crippen molar-refractivity contribution in [1.82, 2.24) is 15.1 Å². The molecular formula is C16H31N3. The maximum atomic E-state index is 3.56. The van der Waals surface area contributed by atoms with Crippen molar-refractivity contribution < 1.29 is 0 Å². The molecule has 3 aliphatic rings. The van der Waals surface area contributed by atoms with Crippen LogP contribution in [0.15, 0.2) is 0 Å². The van der Waals surface area contributed by atoms with Crippen molar-refractivity contribution >= 4 is 0 Å². The van der Waals surface area contributed by atoms with Gasteiger partial charge in [-0.2, -0.15) is 0 Å². The van der Waals surface area contributed by atoms with E-state index in [0.717, 1.165) is 24.0 Å². The van der Waals surface area contributed by atoms with Gasteiger partial charge in [0.05, 0.1) is 0 Å². The van der Waals surface area contributed by atoms with Crippen LogP contribution in [0.25, 0.3) is 0 Å². The highest BCUT2D eigenvalue weighted by molar-refractivity contribution is 4.92. The molecule has 0 radical (unpaired) electrons. The van der Waals surface area contributed by atoms with Crippen molar-refractivity contribution in [3.63, 3.8) is 0 Å². The van der Waals surface area contributed by atoms with Gasteiger partial charge in [0.15, 0.2) is 0 Å². The minimum atomic E-state index is 0.770. The largest absolute Gasteiger partial charge is 0.317 e. The summed E-state index contributed by atoms with van der Waals surface area (Å²) in [6.07, 6.45) is 9.96. The number of likely N-dealkylation sites (tertiary alicyclic amines) is 1. The third kappa shape index (κ3) is 2.98. The number of nitrogens with zero attached hydrogens (tertiary/aromatic N) is 2. The highest BCUT2D eigenvalue weighted by Gasteiger charge is 2.35. The zero-order valence-corrected chi connectivity index (χ0v) is 12.8. The third-order valence-electron chi connectivity index (χ3n) is 6.01. The first-order chi connectivity index (χ1) is 9.28. The molecule has 1 aliphatic carbocycles.